The normalized spacial score (nSPS) is 10.9. The minimum Gasteiger partial charge on any atom is -0.369 e. The fourth-order valence-corrected chi connectivity index (χ4v) is 1.36. The van der Waals surface area contributed by atoms with Gasteiger partial charge in [0.2, 0.25) is 5.95 Å². The van der Waals surface area contributed by atoms with Crippen molar-refractivity contribution in [2.24, 2.45) is 0 Å². The zero-order valence-corrected chi connectivity index (χ0v) is 7.93. The Labute approximate surface area is 83.5 Å². The van der Waals surface area contributed by atoms with Gasteiger partial charge < -0.3 is 10.7 Å². The number of fused-ring (bicyclic) bond motifs is 1. The van der Waals surface area contributed by atoms with E-state index in [0.717, 1.165) is 0 Å². The van der Waals surface area contributed by atoms with E-state index in [4.69, 9.17) is 17.3 Å². The maximum atomic E-state index is 11.3. The Hall–Kier alpha value is -1.56. The second-order valence-corrected chi connectivity index (χ2v) is 3.15. The molecule has 2 rings (SSSR count). The number of halogens is 1. The Morgan fingerprint density at radius 2 is 2.14 bits per heavy atom. The van der Waals surface area contributed by atoms with Crippen LogP contribution in [0.1, 0.15) is 5.82 Å². The molecule has 0 aliphatic carbocycles. The molecule has 0 aliphatic heterocycles. The first-order valence-electron chi connectivity index (χ1n) is 4.01. The first-order chi connectivity index (χ1) is 6.70. The van der Waals surface area contributed by atoms with Crippen LogP contribution in [0.4, 0.5) is 5.95 Å². The summed E-state index contributed by atoms with van der Waals surface area (Å²) in [7, 11) is 0. The van der Waals surface area contributed by atoms with Crippen molar-refractivity contribution in [3.63, 3.8) is 0 Å². The van der Waals surface area contributed by atoms with Crippen molar-refractivity contribution in [2.75, 3.05) is 11.6 Å². The molecule has 4 N–H and O–H groups in total. The lowest BCUT2D eigenvalue weighted by molar-refractivity contribution is 1.00. The first-order valence-corrected chi connectivity index (χ1v) is 4.54. The number of hydrogen-bond acceptors (Lipinski definition) is 4. The van der Waals surface area contributed by atoms with Gasteiger partial charge in [0.15, 0.2) is 11.2 Å². The van der Waals surface area contributed by atoms with E-state index < -0.39 is 0 Å². The number of nitrogens with one attached hydrogen (secondary N) is 2. The zero-order valence-electron chi connectivity index (χ0n) is 7.17. The Morgan fingerprint density at radius 3 is 2.86 bits per heavy atom. The van der Waals surface area contributed by atoms with Gasteiger partial charge in [0.1, 0.15) is 5.82 Å². The molecular formula is C7H8ClN5O. The van der Waals surface area contributed by atoms with Crippen LogP contribution in [0.2, 0.25) is 0 Å². The molecule has 0 atom stereocenters. The molecule has 2 aromatic rings. The number of hydrogen-bond donors (Lipinski definition) is 3. The maximum absolute atomic E-state index is 11.3. The van der Waals surface area contributed by atoms with Gasteiger partial charge in [-0.3, -0.25) is 9.78 Å². The van der Waals surface area contributed by atoms with Crippen molar-refractivity contribution in [1.82, 2.24) is 19.9 Å². The molecule has 0 unspecified atom stereocenters. The number of aryl methyl sites for hydroxylation is 1. The number of aromatic nitrogens is 4. The lowest BCUT2D eigenvalue weighted by atomic mass is 10.5. The lowest BCUT2D eigenvalue weighted by Gasteiger charge is -1.89. The van der Waals surface area contributed by atoms with Crippen LogP contribution in [0, 0.1) is 0 Å². The highest BCUT2D eigenvalue weighted by Crippen LogP contribution is 2.05. The molecule has 7 heteroatoms. The Balaban J connectivity index is 2.65. The van der Waals surface area contributed by atoms with Gasteiger partial charge in [0.25, 0.3) is 5.56 Å². The van der Waals surface area contributed by atoms with Gasteiger partial charge in [-0.25, -0.2) is 4.98 Å². The Bertz CT molecular complexity index is 516. The van der Waals surface area contributed by atoms with E-state index >= 15 is 0 Å². The van der Waals surface area contributed by atoms with Crippen molar-refractivity contribution < 1.29 is 0 Å². The van der Waals surface area contributed by atoms with Crippen LogP contribution < -0.4 is 11.3 Å². The van der Waals surface area contributed by atoms with E-state index in [1.807, 2.05) is 0 Å². The van der Waals surface area contributed by atoms with Crippen LogP contribution in [0.15, 0.2) is 4.79 Å². The summed E-state index contributed by atoms with van der Waals surface area (Å²) < 4.78 is 0. The third kappa shape index (κ3) is 1.44. The number of nitrogen functional groups attached to an aromatic ring is 1. The molecule has 6 nitrogen and oxygen atoms in total. The summed E-state index contributed by atoms with van der Waals surface area (Å²) in [5.74, 6) is 1.14. The Kier molecular flexibility index (Phi) is 2.12. The van der Waals surface area contributed by atoms with Crippen molar-refractivity contribution in [3.8, 4) is 0 Å². The number of imidazole rings is 1. The molecule has 2 aromatic heterocycles. The van der Waals surface area contributed by atoms with Gasteiger partial charge >= 0.3 is 0 Å². The molecule has 0 saturated heterocycles. The molecule has 2 heterocycles. The SMILES string of the molecule is Nc1nc2nc(CCCl)[nH]c2c(=O)[nH]1. The molecule has 0 spiro atoms. The van der Waals surface area contributed by atoms with E-state index in [-0.39, 0.29) is 11.5 Å². The smallest absolute Gasteiger partial charge is 0.278 e. The van der Waals surface area contributed by atoms with Gasteiger partial charge in [-0.2, -0.15) is 4.98 Å². The minimum absolute atomic E-state index is 0.0615. The van der Waals surface area contributed by atoms with Gasteiger partial charge in [-0.1, -0.05) is 0 Å². The number of nitrogens with two attached hydrogens (primary N) is 1. The van der Waals surface area contributed by atoms with E-state index in [2.05, 4.69) is 19.9 Å². The molecule has 0 saturated carbocycles. The highest BCUT2D eigenvalue weighted by Gasteiger charge is 2.07. The molecule has 0 aliphatic rings. The van der Waals surface area contributed by atoms with Crippen LogP contribution in [0.3, 0.4) is 0 Å². The van der Waals surface area contributed by atoms with Gasteiger partial charge in [0.05, 0.1) is 0 Å². The second-order valence-electron chi connectivity index (χ2n) is 2.77. The molecule has 14 heavy (non-hydrogen) atoms. The highest BCUT2D eigenvalue weighted by atomic mass is 35.5. The zero-order chi connectivity index (χ0) is 10.1. The quantitative estimate of drug-likeness (QED) is 0.612. The molecule has 0 fully saturated rings. The summed E-state index contributed by atoms with van der Waals surface area (Å²) in [5, 5.41) is 0. The second kappa shape index (κ2) is 3.30. The number of alkyl halides is 1. The Morgan fingerprint density at radius 1 is 1.36 bits per heavy atom. The van der Waals surface area contributed by atoms with Crippen LogP contribution in [0.25, 0.3) is 11.2 Å². The molecule has 0 radical (unpaired) electrons. The lowest BCUT2D eigenvalue weighted by Crippen LogP contribution is -2.10. The standard InChI is InChI=1S/C7H8ClN5O/c8-2-1-3-10-4-5(11-3)12-7(9)13-6(4)14/h1-2H2,(H4,9,10,11,12,13,14). The summed E-state index contributed by atoms with van der Waals surface area (Å²) in [4.78, 5) is 24.5. The number of nitrogens with zero attached hydrogens (tertiary/aromatic N) is 2. The fraction of sp³-hybridized carbons (Fsp3) is 0.286. The van der Waals surface area contributed by atoms with Gasteiger partial charge in [-0.05, 0) is 0 Å². The van der Waals surface area contributed by atoms with Crippen molar-refractivity contribution in [1.29, 1.82) is 0 Å². The molecule has 0 aromatic carbocycles. The third-order valence-electron chi connectivity index (χ3n) is 1.76. The van der Waals surface area contributed by atoms with Crippen molar-refractivity contribution in [2.45, 2.75) is 6.42 Å². The van der Waals surface area contributed by atoms with Gasteiger partial charge in [0, 0.05) is 12.3 Å². The average molecular weight is 214 g/mol. The summed E-state index contributed by atoms with van der Waals surface area (Å²) in [6.45, 7) is 0. The number of anilines is 1. The van der Waals surface area contributed by atoms with Crippen LogP contribution in [0.5, 0.6) is 0 Å². The highest BCUT2D eigenvalue weighted by molar-refractivity contribution is 6.17. The number of H-pyrrole nitrogens is 2. The summed E-state index contributed by atoms with van der Waals surface area (Å²) in [5.41, 5.74) is 5.70. The van der Waals surface area contributed by atoms with E-state index in [0.29, 0.717) is 29.3 Å². The molecule has 74 valence electrons. The third-order valence-corrected chi connectivity index (χ3v) is 1.95. The topological polar surface area (TPSA) is 100 Å². The number of rotatable bonds is 2. The van der Waals surface area contributed by atoms with E-state index in [1.54, 1.807) is 0 Å². The van der Waals surface area contributed by atoms with E-state index in [9.17, 15) is 4.79 Å². The molecule has 0 amide bonds. The predicted molar refractivity (Wildman–Crippen MR) is 53.3 cm³/mol. The summed E-state index contributed by atoms with van der Waals surface area (Å²) >= 11 is 5.54. The largest absolute Gasteiger partial charge is 0.369 e. The average Bonchev–Trinajstić information content (AvgIpc) is 2.48. The minimum atomic E-state index is -0.319. The van der Waals surface area contributed by atoms with Crippen LogP contribution in [-0.4, -0.2) is 25.8 Å². The summed E-state index contributed by atoms with van der Waals surface area (Å²) in [6.07, 6.45) is 0.567. The van der Waals surface area contributed by atoms with Gasteiger partial charge in [-0.15, -0.1) is 11.6 Å². The molecular weight excluding hydrogens is 206 g/mol. The molecule has 0 bridgehead atoms. The maximum Gasteiger partial charge on any atom is 0.278 e. The fourth-order valence-electron chi connectivity index (χ4n) is 1.18. The van der Waals surface area contributed by atoms with Crippen LogP contribution >= 0.6 is 11.6 Å². The van der Waals surface area contributed by atoms with E-state index in [1.165, 1.54) is 0 Å². The predicted octanol–water partition coefficient (Wildman–Crippen LogP) is 0.00970. The monoisotopic (exact) mass is 213 g/mol. The van der Waals surface area contributed by atoms with Crippen molar-refractivity contribution in [3.05, 3.63) is 16.2 Å². The van der Waals surface area contributed by atoms with Crippen molar-refractivity contribution >= 4 is 28.7 Å². The first kappa shape index (κ1) is 9.01. The number of aromatic amines is 2. The van der Waals surface area contributed by atoms with Crippen LogP contribution in [-0.2, 0) is 6.42 Å². The summed E-state index contributed by atoms with van der Waals surface area (Å²) in [6, 6.07) is 0.